The Morgan fingerprint density at radius 1 is 1.16 bits per heavy atom. The average Bonchev–Trinajstić information content (AvgIpc) is 3.16. The van der Waals surface area contributed by atoms with Gasteiger partial charge in [-0.2, -0.15) is 0 Å². The third-order valence-electron chi connectivity index (χ3n) is 5.80. The van der Waals surface area contributed by atoms with E-state index in [4.69, 9.17) is 14.2 Å². The summed E-state index contributed by atoms with van der Waals surface area (Å²) in [7, 11) is 1.47. The van der Waals surface area contributed by atoms with Crippen LogP contribution in [0.2, 0.25) is 0 Å². The molecule has 0 spiro atoms. The maximum atomic E-state index is 12.5. The molecule has 2 aliphatic rings. The van der Waals surface area contributed by atoms with Crippen molar-refractivity contribution in [2.75, 3.05) is 25.6 Å². The van der Waals surface area contributed by atoms with Crippen molar-refractivity contribution in [2.24, 2.45) is 0 Å². The molecular formula is C24H28N2O6. The Labute approximate surface area is 186 Å². The van der Waals surface area contributed by atoms with Crippen molar-refractivity contribution in [3.8, 4) is 5.75 Å². The SMILES string of the molecule is COCC(=O)Nc1ccc2c(c1)[C@H]1C[C@@H](CC(=O)NCc3ccccc3)O[C@@H](CO)[C@H]1O2. The summed E-state index contributed by atoms with van der Waals surface area (Å²) in [4.78, 5) is 24.4. The molecule has 0 radical (unpaired) electrons. The van der Waals surface area contributed by atoms with Crippen LogP contribution >= 0.6 is 0 Å². The van der Waals surface area contributed by atoms with Gasteiger partial charge in [-0.1, -0.05) is 30.3 Å². The van der Waals surface area contributed by atoms with Gasteiger partial charge in [0.15, 0.2) is 0 Å². The minimum absolute atomic E-state index is 0.0275. The summed E-state index contributed by atoms with van der Waals surface area (Å²) in [6.07, 6.45) is -0.414. The van der Waals surface area contributed by atoms with E-state index in [1.165, 1.54) is 7.11 Å². The van der Waals surface area contributed by atoms with E-state index in [9.17, 15) is 14.7 Å². The molecule has 170 valence electrons. The van der Waals surface area contributed by atoms with Crippen LogP contribution in [-0.2, 0) is 25.6 Å². The molecule has 8 nitrogen and oxygen atoms in total. The van der Waals surface area contributed by atoms with Crippen molar-refractivity contribution in [3.63, 3.8) is 0 Å². The van der Waals surface area contributed by atoms with Gasteiger partial charge in [-0.3, -0.25) is 9.59 Å². The highest BCUT2D eigenvalue weighted by atomic mass is 16.6. The van der Waals surface area contributed by atoms with Gasteiger partial charge in [0, 0.05) is 30.8 Å². The summed E-state index contributed by atoms with van der Waals surface area (Å²) < 4.78 is 16.9. The number of methoxy groups -OCH3 is 1. The smallest absolute Gasteiger partial charge is 0.250 e. The summed E-state index contributed by atoms with van der Waals surface area (Å²) in [5.74, 6) is 0.327. The van der Waals surface area contributed by atoms with Gasteiger partial charge < -0.3 is 30.0 Å². The third-order valence-corrected chi connectivity index (χ3v) is 5.80. The summed E-state index contributed by atoms with van der Waals surface area (Å²) in [6.45, 7) is 0.229. The number of fused-ring (bicyclic) bond motifs is 3. The highest BCUT2D eigenvalue weighted by molar-refractivity contribution is 5.92. The molecule has 2 heterocycles. The molecule has 4 rings (SSSR count). The number of aliphatic hydroxyl groups excluding tert-OH is 1. The second-order valence-electron chi connectivity index (χ2n) is 8.10. The molecule has 8 heteroatoms. The highest BCUT2D eigenvalue weighted by Gasteiger charge is 2.46. The van der Waals surface area contributed by atoms with Gasteiger partial charge in [-0.25, -0.2) is 0 Å². The third kappa shape index (κ3) is 5.09. The molecule has 1 saturated heterocycles. The van der Waals surface area contributed by atoms with Crippen molar-refractivity contribution in [3.05, 3.63) is 59.7 Å². The van der Waals surface area contributed by atoms with E-state index in [-0.39, 0.29) is 49.6 Å². The maximum absolute atomic E-state index is 12.5. The second kappa shape index (κ2) is 10.1. The lowest BCUT2D eigenvalue weighted by atomic mass is 9.84. The van der Waals surface area contributed by atoms with Gasteiger partial charge in [0.2, 0.25) is 11.8 Å². The molecule has 0 bridgehead atoms. The number of benzene rings is 2. The normalized spacial score (nSPS) is 23.6. The Morgan fingerprint density at radius 2 is 1.97 bits per heavy atom. The predicted octanol–water partition coefficient (Wildman–Crippen LogP) is 1.97. The second-order valence-corrected chi connectivity index (χ2v) is 8.10. The van der Waals surface area contributed by atoms with Crippen molar-refractivity contribution in [1.82, 2.24) is 5.32 Å². The van der Waals surface area contributed by atoms with Crippen LogP contribution in [0.1, 0.15) is 29.9 Å². The minimum Gasteiger partial charge on any atom is -0.487 e. The molecule has 2 aromatic rings. The zero-order valence-corrected chi connectivity index (χ0v) is 18.0. The number of carbonyl (C=O) groups excluding carboxylic acids is 2. The zero-order valence-electron chi connectivity index (χ0n) is 18.0. The van der Waals surface area contributed by atoms with Gasteiger partial charge in [0.25, 0.3) is 0 Å². The van der Waals surface area contributed by atoms with Gasteiger partial charge in [0.1, 0.15) is 24.6 Å². The van der Waals surface area contributed by atoms with Crippen LogP contribution in [0.15, 0.2) is 48.5 Å². The first-order valence-electron chi connectivity index (χ1n) is 10.7. The van der Waals surface area contributed by atoms with E-state index in [2.05, 4.69) is 10.6 Å². The number of anilines is 1. The first-order chi connectivity index (χ1) is 15.6. The topological polar surface area (TPSA) is 106 Å². The van der Waals surface area contributed by atoms with E-state index in [1.807, 2.05) is 42.5 Å². The van der Waals surface area contributed by atoms with E-state index in [0.29, 0.717) is 24.4 Å². The summed E-state index contributed by atoms with van der Waals surface area (Å²) in [5.41, 5.74) is 2.63. The number of hydrogen-bond acceptors (Lipinski definition) is 6. The molecule has 0 aromatic heterocycles. The lowest BCUT2D eigenvalue weighted by Crippen LogP contribution is -2.47. The highest BCUT2D eigenvalue weighted by Crippen LogP contribution is 2.47. The van der Waals surface area contributed by atoms with E-state index in [0.717, 1.165) is 11.1 Å². The summed E-state index contributed by atoms with van der Waals surface area (Å²) in [6, 6.07) is 15.2. The summed E-state index contributed by atoms with van der Waals surface area (Å²) in [5, 5.41) is 15.6. The van der Waals surface area contributed by atoms with Crippen LogP contribution in [0.4, 0.5) is 5.69 Å². The number of aliphatic hydroxyl groups is 1. The molecule has 0 aliphatic carbocycles. The number of ether oxygens (including phenoxy) is 3. The summed E-state index contributed by atoms with van der Waals surface area (Å²) >= 11 is 0. The molecule has 32 heavy (non-hydrogen) atoms. The molecule has 2 aliphatic heterocycles. The Bertz CT molecular complexity index is 951. The lowest BCUT2D eigenvalue weighted by Gasteiger charge is -2.37. The molecule has 2 aromatic carbocycles. The van der Waals surface area contributed by atoms with Gasteiger partial charge in [0.05, 0.1) is 19.1 Å². The van der Waals surface area contributed by atoms with Crippen LogP contribution in [0.25, 0.3) is 0 Å². The van der Waals surface area contributed by atoms with Crippen molar-refractivity contribution in [1.29, 1.82) is 0 Å². The quantitative estimate of drug-likeness (QED) is 0.580. The van der Waals surface area contributed by atoms with Crippen LogP contribution in [0.3, 0.4) is 0 Å². The van der Waals surface area contributed by atoms with Crippen LogP contribution in [0, 0.1) is 0 Å². The molecule has 1 fully saturated rings. The number of rotatable bonds is 8. The monoisotopic (exact) mass is 440 g/mol. The Morgan fingerprint density at radius 3 is 2.72 bits per heavy atom. The molecule has 0 saturated carbocycles. The maximum Gasteiger partial charge on any atom is 0.250 e. The van der Waals surface area contributed by atoms with E-state index >= 15 is 0 Å². The van der Waals surface area contributed by atoms with E-state index in [1.54, 1.807) is 6.07 Å². The molecule has 4 atom stereocenters. The fourth-order valence-electron chi connectivity index (χ4n) is 4.37. The fourth-order valence-corrected chi connectivity index (χ4v) is 4.37. The standard InChI is InChI=1S/C24H28N2O6/c1-30-14-23(29)26-16-7-8-20-18(9-16)19-10-17(31-21(13-27)24(19)32-20)11-22(28)25-12-15-5-3-2-4-6-15/h2-9,17,19,21,24,27H,10-14H2,1H3,(H,25,28)(H,26,29)/t17-,19+,21-,24-/m0/s1. The van der Waals surface area contributed by atoms with Crippen molar-refractivity contribution < 1.29 is 28.9 Å². The Kier molecular flexibility index (Phi) is 7.04. The molecule has 3 N–H and O–H groups in total. The van der Waals surface area contributed by atoms with Crippen molar-refractivity contribution in [2.45, 2.75) is 43.6 Å². The number of hydrogen-bond donors (Lipinski definition) is 3. The van der Waals surface area contributed by atoms with Gasteiger partial charge >= 0.3 is 0 Å². The lowest BCUT2D eigenvalue weighted by molar-refractivity contribution is -0.142. The predicted molar refractivity (Wildman–Crippen MR) is 117 cm³/mol. The van der Waals surface area contributed by atoms with Crippen LogP contribution in [-0.4, -0.2) is 55.6 Å². The largest absolute Gasteiger partial charge is 0.487 e. The molecular weight excluding hydrogens is 412 g/mol. The fraction of sp³-hybridized carbons (Fsp3) is 0.417. The minimum atomic E-state index is -0.528. The average molecular weight is 440 g/mol. The number of carbonyl (C=O) groups is 2. The van der Waals surface area contributed by atoms with Gasteiger partial charge in [-0.05, 0) is 30.2 Å². The number of amides is 2. The molecule has 2 amide bonds. The first-order valence-corrected chi connectivity index (χ1v) is 10.7. The first kappa shape index (κ1) is 22.3. The van der Waals surface area contributed by atoms with Crippen molar-refractivity contribution >= 4 is 17.5 Å². The van der Waals surface area contributed by atoms with Crippen LogP contribution < -0.4 is 15.4 Å². The number of nitrogens with one attached hydrogen (secondary N) is 2. The zero-order chi connectivity index (χ0) is 22.5. The molecule has 0 unspecified atom stereocenters. The van der Waals surface area contributed by atoms with Crippen LogP contribution in [0.5, 0.6) is 5.75 Å². The Hall–Kier alpha value is -2.94. The van der Waals surface area contributed by atoms with E-state index < -0.39 is 6.10 Å². The van der Waals surface area contributed by atoms with Gasteiger partial charge in [-0.15, -0.1) is 0 Å². The Balaban J connectivity index is 1.42.